The third kappa shape index (κ3) is 4.04. The lowest BCUT2D eigenvalue weighted by molar-refractivity contribution is -0.138. The zero-order chi connectivity index (χ0) is 13.7. The van der Waals surface area contributed by atoms with Crippen LogP contribution in [0.15, 0.2) is 24.3 Å². The zero-order valence-corrected chi connectivity index (χ0v) is 10.3. The number of benzene rings is 1. The van der Waals surface area contributed by atoms with E-state index < -0.39 is 12.3 Å². The summed E-state index contributed by atoms with van der Waals surface area (Å²) >= 11 is 0. The Morgan fingerprint density at radius 2 is 2.00 bits per heavy atom. The first kappa shape index (κ1) is 13.5. The molecule has 0 radical (unpaired) electrons. The topological polar surface area (TPSA) is 84.9 Å². The highest BCUT2D eigenvalue weighted by Gasteiger charge is 2.18. The molecule has 0 atom stereocenters. The number of hydrogen-bond acceptors (Lipinski definition) is 4. The van der Waals surface area contributed by atoms with E-state index >= 15 is 0 Å². The minimum absolute atomic E-state index is 0.0456. The van der Waals surface area contributed by atoms with Crippen LogP contribution in [0.1, 0.15) is 24.7 Å². The highest BCUT2D eigenvalue weighted by atomic mass is 16.7. The summed E-state index contributed by atoms with van der Waals surface area (Å²) in [6, 6.07) is 7.13. The number of carbonyl (C=O) groups excluding carboxylic acids is 1. The average molecular weight is 265 g/mol. The predicted molar refractivity (Wildman–Crippen MR) is 66.6 cm³/mol. The normalized spacial score (nSPS) is 15.4. The van der Waals surface area contributed by atoms with E-state index in [-0.39, 0.29) is 18.7 Å². The van der Waals surface area contributed by atoms with Crippen LogP contribution in [0.3, 0.4) is 0 Å². The molecule has 6 heteroatoms. The van der Waals surface area contributed by atoms with Crippen molar-refractivity contribution in [1.82, 2.24) is 0 Å². The number of aliphatic carboxylic acids is 1. The fourth-order valence-corrected chi connectivity index (χ4v) is 1.76. The largest absolute Gasteiger partial charge is 0.481 e. The molecule has 0 saturated carbocycles. The van der Waals surface area contributed by atoms with E-state index in [4.69, 9.17) is 14.6 Å². The number of ether oxygens (including phenoxy) is 2. The van der Waals surface area contributed by atoms with E-state index in [1.807, 2.05) is 6.07 Å². The molecule has 0 aromatic heterocycles. The van der Waals surface area contributed by atoms with Gasteiger partial charge in [-0.25, -0.2) is 0 Å². The van der Waals surface area contributed by atoms with E-state index in [9.17, 15) is 9.59 Å². The van der Waals surface area contributed by atoms with Gasteiger partial charge in [-0.3, -0.25) is 9.59 Å². The predicted octanol–water partition coefficient (Wildman–Crippen LogP) is 1.54. The second kappa shape index (κ2) is 6.31. The van der Waals surface area contributed by atoms with Crippen LogP contribution in [0, 0.1) is 0 Å². The van der Waals surface area contributed by atoms with Crippen molar-refractivity contribution >= 4 is 17.6 Å². The van der Waals surface area contributed by atoms with Crippen molar-refractivity contribution in [2.75, 3.05) is 18.5 Å². The van der Waals surface area contributed by atoms with Crippen molar-refractivity contribution in [3.63, 3.8) is 0 Å². The van der Waals surface area contributed by atoms with Gasteiger partial charge in [-0.15, -0.1) is 0 Å². The molecule has 102 valence electrons. The first-order valence-electron chi connectivity index (χ1n) is 6.00. The first-order valence-corrected chi connectivity index (χ1v) is 6.00. The van der Waals surface area contributed by atoms with Gasteiger partial charge in [0.2, 0.25) is 5.91 Å². The van der Waals surface area contributed by atoms with E-state index in [2.05, 4.69) is 5.32 Å². The van der Waals surface area contributed by atoms with E-state index in [0.29, 0.717) is 18.9 Å². The van der Waals surface area contributed by atoms with Crippen molar-refractivity contribution in [1.29, 1.82) is 0 Å². The lowest BCUT2D eigenvalue weighted by Crippen LogP contribution is -2.13. The highest BCUT2D eigenvalue weighted by molar-refractivity contribution is 5.92. The first-order chi connectivity index (χ1) is 9.15. The van der Waals surface area contributed by atoms with Gasteiger partial charge >= 0.3 is 5.97 Å². The van der Waals surface area contributed by atoms with Gasteiger partial charge in [-0.05, 0) is 12.1 Å². The van der Waals surface area contributed by atoms with Crippen LogP contribution in [0.25, 0.3) is 0 Å². The van der Waals surface area contributed by atoms with Crippen LogP contribution in [0.4, 0.5) is 5.69 Å². The maximum absolute atomic E-state index is 11.5. The second-order valence-corrected chi connectivity index (χ2v) is 4.14. The fraction of sp³-hybridized carbons (Fsp3) is 0.385. The van der Waals surface area contributed by atoms with Gasteiger partial charge in [0, 0.05) is 17.7 Å². The van der Waals surface area contributed by atoms with E-state index in [1.54, 1.807) is 18.2 Å². The molecule has 1 aliphatic rings. The van der Waals surface area contributed by atoms with Crippen molar-refractivity contribution in [2.45, 2.75) is 19.1 Å². The molecule has 0 bridgehead atoms. The van der Waals surface area contributed by atoms with Gasteiger partial charge in [0.1, 0.15) is 0 Å². The Morgan fingerprint density at radius 3 is 2.68 bits per heavy atom. The summed E-state index contributed by atoms with van der Waals surface area (Å²) in [5.41, 5.74) is 1.43. The Bertz CT molecular complexity index is 468. The van der Waals surface area contributed by atoms with Crippen molar-refractivity contribution in [3.05, 3.63) is 29.8 Å². The summed E-state index contributed by atoms with van der Waals surface area (Å²) in [6.07, 6.45) is -0.619. The molecule has 6 nitrogen and oxygen atoms in total. The molecule has 2 rings (SSSR count). The van der Waals surface area contributed by atoms with Crippen LogP contribution < -0.4 is 5.32 Å². The van der Waals surface area contributed by atoms with Gasteiger partial charge in [0.05, 0.1) is 19.6 Å². The minimum Gasteiger partial charge on any atom is -0.481 e. The molecule has 1 aromatic carbocycles. The number of rotatable bonds is 5. The molecule has 0 spiro atoms. The van der Waals surface area contributed by atoms with Crippen molar-refractivity contribution < 1.29 is 24.2 Å². The molecule has 1 aromatic rings. The smallest absolute Gasteiger partial charge is 0.303 e. The summed E-state index contributed by atoms with van der Waals surface area (Å²) in [5, 5.41) is 11.2. The highest BCUT2D eigenvalue weighted by Crippen LogP contribution is 2.25. The number of amides is 1. The summed E-state index contributed by atoms with van der Waals surface area (Å²) in [4.78, 5) is 21.9. The Hall–Kier alpha value is -1.92. The molecule has 0 unspecified atom stereocenters. The van der Waals surface area contributed by atoms with Crippen molar-refractivity contribution in [3.8, 4) is 0 Å². The lowest BCUT2D eigenvalue weighted by atomic mass is 10.2. The molecule has 1 heterocycles. The molecule has 1 amide bonds. The summed E-state index contributed by atoms with van der Waals surface area (Å²) < 4.78 is 10.7. The Balaban J connectivity index is 1.94. The lowest BCUT2D eigenvalue weighted by Gasteiger charge is -2.11. The van der Waals surface area contributed by atoms with E-state index in [1.165, 1.54) is 0 Å². The Kier molecular flexibility index (Phi) is 4.48. The third-order valence-electron chi connectivity index (χ3n) is 2.63. The maximum Gasteiger partial charge on any atom is 0.303 e. The van der Waals surface area contributed by atoms with Gasteiger partial charge < -0.3 is 19.9 Å². The van der Waals surface area contributed by atoms with Gasteiger partial charge in [-0.1, -0.05) is 12.1 Å². The minimum atomic E-state index is -0.989. The zero-order valence-electron chi connectivity index (χ0n) is 10.3. The monoisotopic (exact) mass is 265 g/mol. The maximum atomic E-state index is 11.5. The van der Waals surface area contributed by atoms with Crippen molar-refractivity contribution in [2.24, 2.45) is 0 Å². The number of carboxylic acids is 1. The number of carbonyl (C=O) groups is 2. The van der Waals surface area contributed by atoms with Gasteiger partial charge in [0.25, 0.3) is 0 Å². The number of anilines is 1. The SMILES string of the molecule is O=C(O)CCC(=O)Nc1cccc(C2OCCO2)c1. The molecular formula is C13H15NO5. The molecule has 1 aliphatic heterocycles. The van der Waals surface area contributed by atoms with Crippen LogP contribution >= 0.6 is 0 Å². The van der Waals surface area contributed by atoms with Crippen LogP contribution in [0.2, 0.25) is 0 Å². The summed E-state index contributed by atoms with van der Waals surface area (Å²) in [6.45, 7) is 1.11. The molecule has 1 fully saturated rings. The van der Waals surface area contributed by atoms with Crippen LogP contribution in [0.5, 0.6) is 0 Å². The van der Waals surface area contributed by atoms with E-state index in [0.717, 1.165) is 5.56 Å². The molecule has 0 aliphatic carbocycles. The Morgan fingerprint density at radius 1 is 1.26 bits per heavy atom. The standard InChI is InChI=1S/C13H15NO5/c15-11(4-5-12(16)17)14-10-3-1-2-9(8-10)13-18-6-7-19-13/h1-3,8,13H,4-7H2,(H,14,15)(H,16,17). The van der Waals surface area contributed by atoms with Gasteiger partial charge in [0.15, 0.2) is 6.29 Å². The number of carboxylic acid groups (broad SMARTS) is 1. The number of hydrogen-bond donors (Lipinski definition) is 2. The Labute approximate surface area is 110 Å². The fourth-order valence-electron chi connectivity index (χ4n) is 1.76. The van der Waals surface area contributed by atoms with Crippen LogP contribution in [-0.2, 0) is 19.1 Å². The number of nitrogens with one attached hydrogen (secondary N) is 1. The molecule has 2 N–H and O–H groups in total. The quantitative estimate of drug-likeness (QED) is 0.843. The molecular weight excluding hydrogens is 250 g/mol. The second-order valence-electron chi connectivity index (χ2n) is 4.14. The summed E-state index contributed by atoms with van der Waals surface area (Å²) in [5.74, 6) is -1.32. The average Bonchev–Trinajstić information content (AvgIpc) is 2.90. The van der Waals surface area contributed by atoms with Gasteiger partial charge in [-0.2, -0.15) is 0 Å². The van der Waals surface area contributed by atoms with Crippen LogP contribution in [-0.4, -0.2) is 30.2 Å². The third-order valence-corrected chi connectivity index (χ3v) is 2.63. The molecule has 19 heavy (non-hydrogen) atoms. The molecule has 1 saturated heterocycles. The summed E-state index contributed by atoms with van der Waals surface area (Å²) in [7, 11) is 0.